The smallest absolute Gasteiger partial charge is 0.264 e. The van der Waals surface area contributed by atoms with Crippen molar-refractivity contribution >= 4 is 39.1 Å². The van der Waals surface area contributed by atoms with Crippen molar-refractivity contribution in [1.82, 2.24) is 10.2 Å². The van der Waals surface area contributed by atoms with Crippen molar-refractivity contribution in [3.63, 3.8) is 0 Å². The number of sulfonamides is 1. The molecular weight excluding hydrogens is 577 g/mol. The molecule has 0 bridgehead atoms. The molecule has 2 amide bonds. The number of rotatable bonds is 10. The summed E-state index contributed by atoms with van der Waals surface area (Å²) in [5.74, 6) is -1.32. The number of hydrogen-bond acceptors (Lipinski definition) is 4. The van der Waals surface area contributed by atoms with E-state index in [0.29, 0.717) is 16.1 Å². The number of aryl methyl sites for hydroxylation is 2. The third-order valence-electron chi connectivity index (χ3n) is 7.71. The molecule has 0 spiro atoms. The Kier molecular flexibility index (Phi) is 10.3. The minimum Gasteiger partial charge on any atom is -0.352 e. The van der Waals surface area contributed by atoms with Crippen LogP contribution in [0.2, 0.25) is 5.02 Å². The van der Waals surface area contributed by atoms with Crippen LogP contribution in [-0.4, -0.2) is 43.8 Å². The summed E-state index contributed by atoms with van der Waals surface area (Å²) in [6.07, 6.45) is 4.94. The SMILES string of the molecule is Cc1ccc(S(=O)(=O)N(CC(=O)N(Cc2ccc(F)cc2)C(C)C(=O)NC2CCCCC2)c2cc(Cl)ccc2C)cc1. The highest BCUT2D eigenvalue weighted by Gasteiger charge is 2.34. The number of carbonyl (C=O) groups excluding carboxylic acids is 2. The Hall–Kier alpha value is -3.43. The third-order valence-corrected chi connectivity index (χ3v) is 9.72. The Morgan fingerprint density at radius 2 is 1.62 bits per heavy atom. The fourth-order valence-corrected chi connectivity index (χ4v) is 6.78. The summed E-state index contributed by atoms with van der Waals surface area (Å²) in [6.45, 7) is 4.64. The average molecular weight is 614 g/mol. The van der Waals surface area contributed by atoms with Crippen LogP contribution in [0.15, 0.2) is 71.6 Å². The molecule has 1 saturated carbocycles. The van der Waals surface area contributed by atoms with Crippen LogP contribution in [0, 0.1) is 19.7 Å². The molecule has 1 fully saturated rings. The summed E-state index contributed by atoms with van der Waals surface area (Å²) in [5, 5.41) is 3.39. The van der Waals surface area contributed by atoms with Gasteiger partial charge in [-0.3, -0.25) is 13.9 Å². The predicted octanol–water partition coefficient (Wildman–Crippen LogP) is 6.16. The van der Waals surface area contributed by atoms with Crippen LogP contribution >= 0.6 is 11.6 Å². The highest BCUT2D eigenvalue weighted by Crippen LogP contribution is 2.30. The first-order valence-corrected chi connectivity index (χ1v) is 16.0. The molecule has 0 saturated heterocycles. The molecule has 42 heavy (non-hydrogen) atoms. The first-order chi connectivity index (χ1) is 20.0. The summed E-state index contributed by atoms with van der Waals surface area (Å²) < 4.78 is 42.7. The van der Waals surface area contributed by atoms with Crippen LogP contribution in [0.4, 0.5) is 10.1 Å². The number of amides is 2. The second-order valence-electron chi connectivity index (χ2n) is 10.9. The molecule has 4 rings (SSSR count). The van der Waals surface area contributed by atoms with Gasteiger partial charge in [-0.1, -0.05) is 66.8 Å². The molecule has 1 N–H and O–H groups in total. The van der Waals surface area contributed by atoms with Gasteiger partial charge in [0, 0.05) is 17.6 Å². The molecule has 1 aliphatic carbocycles. The maximum Gasteiger partial charge on any atom is 0.264 e. The van der Waals surface area contributed by atoms with Crippen molar-refractivity contribution in [3.8, 4) is 0 Å². The molecule has 1 atom stereocenters. The van der Waals surface area contributed by atoms with E-state index in [4.69, 9.17) is 11.6 Å². The van der Waals surface area contributed by atoms with E-state index in [0.717, 1.165) is 42.0 Å². The third kappa shape index (κ3) is 7.69. The zero-order valence-electron chi connectivity index (χ0n) is 24.1. The van der Waals surface area contributed by atoms with Gasteiger partial charge in [-0.2, -0.15) is 0 Å². The van der Waals surface area contributed by atoms with Gasteiger partial charge in [0.25, 0.3) is 10.0 Å². The number of anilines is 1. The second-order valence-corrected chi connectivity index (χ2v) is 13.2. The van der Waals surface area contributed by atoms with E-state index in [-0.39, 0.29) is 29.1 Å². The molecule has 0 aromatic heterocycles. The number of carbonyl (C=O) groups is 2. The van der Waals surface area contributed by atoms with E-state index >= 15 is 0 Å². The van der Waals surface area contributed by atoms with Crippen LogP contribution in [0.25, 0.3) is 0 Å². The lowest BCUT2D eigenvalue weighted by molar-refractivity contribution is -0.139. The molecule has 1 unspecified atom stereocenters. The summed E-state index contributed by atoms with van der Waals surface area (Å²) in [7, 11) is -4.21. The topological polar surface area (TPSA) is 86.8 Å². The summed E-state index contributed by atoms with van der Waals surface area (Å²) in [4.78, 5) is 28.9. The lowest BCUT2D eigenvalue weighted by Crippen LogP contribution is -2.53. The first kappa shape index (κ1) is 31.5. The fourth-order valence-electron chi connectivity index (χ4n) is 5.14. The largest absolute Gasteiger partial charge is 0.352 e. The second kappa shape index (κ2) is 13.7. The molecule has 3 aromatic carbocycles. The van der Waals surface area contributed by atoms with Gasteiger partial charge >= 0.3 is 0 Å². The quantitative estimate of drug-likeness (QED) is 0.297. The average Bonchev–Trinajstić information content (AvgIpc) is 2.97. The molecular formula is C32H37ClFN3O4S. The molecule has 0 heterocycles. The maximum atomic E-state index is 14.1. The van der Waals surface area contributed by atoms with Gasteiger partial charge in [0.15, 0.2) is 0 Å². The zero-order valence-corrected chi connectivity index (χ0v) is 25.7. The Morgan fingerprint density at radius 1 is 0.976 bits per heavy atom. The fraction of sp³-hybridized carbons (Fsp3) is 0.375. The molecule has 10 heteroatoms. The van der Waals surface area contributed by atoms with E-state index in [1.165, 1.54) is 35.2 Å². The number of hydrogen-bond donors (Lipinski definition) is 1. The first-order valence-electron chi connectivity index (χ1n) is 14.2. The van der Waals surface area contributed by atoms with Gasteiger partial charge in [0.1, 0.15) is 18.4 Å². The summed E-state index contributed by atoms with van der Waals surface area (Å²) >= 11 is 6.28. The van der Waals surface area contributed by atoms with Crippen LogP contribution in [0.3, 0.4) is 0 Å². The summed E-state index contributed by atoms with van der Waals surface area (Å²) in [6, 6.07) is 16.0. The minimum atomic E-state index is -4.21. The van der Waals surface area contributed by atoms with Gasteiger partial charge in [-0.25, -0.2) is 12.8 Å². The lowest BCUT2D eigenvalue weighted by Gasteiger charge is -2.33. The standard InChI is InChI=1S/C32H37ClFN3O4S/c1-22-9-17-29(18-10-22)42(40,41)37(30-19-26(33)14-11-23(30)2)21-31(38)36(20-25-12-15-27(34)16-13-25)24(3)32(39)35-28-7-5-4-6-8-28/h9-19,24,28H,4-8,20-21H2,1-3H3,(H,35,39). The molecule has 0 aliphatic heterocycles. The molecule has 3 aromatic rings. The Labute approximate surface area is 252 Å². The Bertz CT molecular complexity index is 1510. The van der Waals surface area contributed by atoms with Crippen LogP contribution < -0.4 is 9.62 Å². The number of nitrogens with zero attached hydrogens (tertiary/aromatic N) is 2. The Balaban J connectivity index is 1.70. The van der Waals surface area contributed by atoms with Crippen molar-refractivity contribution in [2.45, 2.75) is 76.4 Å². The van der Waals surface area contributed by atoms with Crippen molar-refractivity contribution in [1.29, 1.82) is 0 Å². The number of halogens is 2. The van der Waals surface area contributed by atoms with Gasteiger partial charge in [0.05, 0.1) is 10.6 Å². The van der Waals surface area contributed by atoms with E-state index in [2.05, 4.69) is 5.32 Å². The van der Waals surface area contributed by atoms with Gasteiger partial charge in [0.2, 0.25) is 11.8 Å². The van der Waals surface area contributed by atoms with Gasteiger partial charge < -0.3 is 10.2 Å². The number of benzene rings is 3. The van der Waals surface area contributed by atoms with Crippen molar-refractivity contribution in [3.05, 3.63) is 94.3 Å². The van der Waals surface area contributed by atoms with Crippen LogP contribution in [0.5, 0.6) is 0 Å². The van der Waals surface area contributed by atoms with Crippen molar-refractivity contribution in [2.75, 3.05) is 10.8 Å². The van der Waals surface area contributed by atoms with Crippen molar-refractivity contribution < 1.29 is 22.4 Å². The van der Waals surface area contributed by atoms with Crippen LogP contribution in [-0.2, 0) is 26.2 Å². The molecule has 224 valence electrons. The predicted molar refractivity (Wildman–Crippen MR) is 163 cm³/mol. The maximum absolute atomic E-state index is 14.1. The van der Waals surface area contributed by atoms with Gasteiger partial charge in [-0.05, 0) is 81.1 Å². The number of nitrogens with one attached hydrogen (secondary N) is 1. The lowest BCUT2D eigenvalue weighted by atomic mass is 9.95. The van der Waals surface area contributed by atoms with E-state index in [1.807, 2.05) is 6.92 Å². The van der Waals surface area contributed by atoms with Gasteiger partial charge in [-0.15, -0.1) is 0 Å². The molecule has 7 nitrogen and oxygen atoms in total. The monoisotopic (exact) mass is 613 g/mol. The Morgan fingerprint density at radius 3 is 2.26 bits per heavy atom. The van der Waals surface area contributed by atoms with E-state index < -0.39 is 34.3 Å². The van der Waals surface area contributed by atoms with Crippen LogP contribution in [0.1, 0.15) is 55.7 Å². The van der Waals surface area contributed by atoms with E-state index in [1.54, 1.807) is 50.2 Å². The highest BCUT2D eigenvalue weighted by atomic mass is 35.5. The zero-order chi connectivity index (χ0) is 30.4. The molecule has 0 radical (unpaired) electrons. The summed E-state index contributed by atoms with van der Waals surface area (Å²) in [5.41, 5.74) is 2.36. The van der Waals surface area contributed by atoms with Crippen molar-refractivity contribution in [2.24, 2.45) is 0 Å². The molecule has 1 aliphatic rings. The highest BCUT2D eigenvalue weighted by molar-refractivity contribution is 7.92. The normalized spacial score (nSPS) is 14.7. The minimum absolute atomic E-state index is 0.00862. The van der Waals surface area contributed by atoms with E-state index in [9.17, 15) is 22.4 Å².